The van der Waals surface area contributed by atoms with Crippen LogP contribution in [-0.4, -0.2) is 16.1 Å². The Kier molecular flexibility index (Phi) is 4.89. The van der Waals surface area contributed by atoms with Crippen LogP contribution in [0.25, 0.3) is 10.8 Å². The minimum absolute atomic E-state index is 0.00239. The molecule has 0 spiro atoms. The van der Waals surface area contributed by atoms with Crippen molar-refractivity contribution in [2.24, 2.45) is 5.73 Å². The monoisotopic (exact) mass is 378 g/mol. The lowest BCUT2D eigenvalue weighted by Gasteiger charge is -2.24. The smallest absolute Gasteiger partial charge is 0.264 e. The number of anilines is 1. The number of nitrogens with zero attached hydrogens (tertiary/aromatic N) is 1. The topological polar surface area (TPSA) is 66.6 Å². The standard InChI is InChI=1S/C22H22N2O2S/c1-22(2,3)15-12-10-14(11-13-15)20(26)24(21(23)27)18-8-4-7-17-16(18)6-5-9-19(17)25/h4-13,25H,1-3H3,(H2,23,27). The first-order valence-corrected chi connectivity index (χ1v) is 9.06. The summed E-state index contributed by atoms with van der Waals surface area (Å²) in [5, 5.41) is 11.4. The second-order valence-electron chi connectivity index (χ2n) is 7.46. The van der Waals surface area contributed by atoms with Gasteiger partial charge in [-0.15, -0.1) is 0 Å². The maximum atomic E-state index is 13.2. The molecule has 138 valence electrons. The van der Waals surface area contributed by atoms with E-state index in [0.717, 1.165) is 5.56 Å². The van der Waals surface area contributed by atoms with E-state index in [1.165, 1.54) is 4.90 Å². The lowest BCUT2D eigenvalue weighted by atomic mass is 9.86. The van der Waals surface area contributed by atoms with Crippen molar-refractivity contribution in [1.82, 2.24) is 0 Å². The number of carbonyl (C=O) groups is 1. The number of carbonyl (C=O) groups excluding carboxylic acids is 1. The molecule has 27 heavy (non-hydrogen) atoms. The quantitative estimate of drug-likeness (QED) is 0.633. The minimum Gasteiger partial charge on any atom is -0.507 e. The van der Waals surface area contributed by atoms with E-state index in [1.54, 1.807) is 42.5 Å². The molecule has 0 atom stereocenters. The van der Waals surface area contributed by atoms with Gasteiger partial charge in [-0.1, -0.05) is 57.2 Å². The van der Waals surface area contributed by atoms with Gasteiger partial charge in [0.15, 0.2) is 5.11 Å². The van der Waals surface area contributed by atoms with Crippen molar-refractivity contribution in [3.05, 3.63) is 71.8 Å². The highest BCUT2D eigenvalue weighted by Crippen LogP contribution is 2.33. The molecule has 0 aromatic heterocycles. The van der Waals surface area contributed by atoms with Crippen molar-refractivity contribution >= 4 is 39.7 Å². The van der Waals surface area contributed by atoms with E-state index >= 15 is 0 Å². The molecule has 5 heteroatoms. The molecule has 3 rings (SSSR count). The Hall–Kier alpha value is -2.92. The second-order valence-corrected chi connectivity index (χ2v) is 7.87. The molecule has 0 heterocycles. The molecule has 0 fully saturated rings. The predicted molar refractivity (Wildman–Crippen MR) is 114 cm³/mol. The Morgan fingerprint density at radius 3 is 2.15 bits per heavy atom. The maximum Gasteiger partial charge on any atom is 0.264 e. The Balaban J connectivity index is 2.08. The van der Waals surface area contributed by atoms with Gasteiger partial charge in [0.2, 0.25) is 0 Å². The molecular weight excluding hydrogens is 356 g/mol. The SMILES string of the molecule is CC(C)(C)c1ccc(C(=O)N(C(N)=S)c2cccc3c(O)cccc23)cc1. The molecule has 0 bridgehead atoms. The fraction of sp³-hybridized carbons (Fsp3) is 0.182. The third kappa shape index (κ3) is 3.64. The van der Waals surface area contributed by atoms with Crippen LogP contribution < -0.4 is 10.6 Å². The third-order valence-corrected chi connectivity index (χ3v) is 4.72. The zero-order valence-corrected chi connectivity index (χ0v) is 16.4. The molecule has 0 aliphatic heterocycles. The van der Waals surface area contributed by atoms with Crippen LogP contribution in [0.5, 0.6) is 5.75 Å². The van der Waals surface area contributed by atoms with E-state index in [2.05, 4.69) is 20.8 Å². The third-order valence-electron chi connectivity index (χ3n) is 4.54. The molecule has 0 radical (unpaired) electrons. The number of nitrogens with two attached hydrogens (primary N) is 1. The summed E-state index contributed by atoms with van der Waals surface area (Å²) < 4.78 is 0. The van der Waals surface area contributed by atoms with Crippen molar-refractivity contribution in [1.29, 1.82) is 0 Å². The summed E-state index contributed by atoms with van der Waals surface area (Å²) >= 11 is 5.18. The number of aromatic hydroxyl groups is 1. The van der Waals surface area contributed by atoms with E-state index in [9.17, 15) is 9.90 Å². The van der Waals surface area contributed by atoms with E-state index in [-0.39, 0.29) is 22.2 Å². The van der Waals surface area contributed by atoms with Crippen molar-refractivity contribution < 1.29 is 9.90 Å². The zero-order chi connectivity index (χ0) is 19.8. The molecule has 3 N–H and O–H groups in total. The lowest BCUT2D eigenvalue weighted by molar-refractivity contribution is 0.100. The summed E-state index contributed by atoms with van der Waals surface area (Å²) in [4.78, 5) is 14.5. The summed E-state index contributed by atoms with van der Waals surface area (Å²) in [5.74, 6) is -0.168. The minimum atomic E-state index is -0.307. The maximum absolute atomic E-state index is 13.2. The molecule has 0 saturated heterocycles. The number of benzene rings is 3. The molecule has 0 aliphatic carbocycles. The van der Waals surface area contributed by atoms with Gasteiger partial charge in [-0.2, -0.15) is 0 Å². The van der Waals surface area contributed by atoms with Crippen LogP contribution in [0.15, 0.2) is 60.7 Å². The van der Waals surface area contributed by atoms with Crippen LogP contribution in [0.2, 0.25) is 0 Å². The highest BCUT2D eigenvalue weighted by molar-refractivity contribution is 7.80. The van der Waals surface area contributed by atoms with Crippen LogP contribution >= 0.6 is 12.2 Å². The van der Waals surface area contributed by atoms with Gasteiger partial charge >= 0.3 is 0 Å². The van der Waals surface area contributed by atoms with Gasteiger partial charge in [-0.05, 0) is 47.5 Å². The fourth-order valence-electron chi connectivity index (χ4n) is 3.04. The summed E-state index contributed by atoms with van der Waals surface area (Å²) in [7, 11) is 0. The van der Waals surface area contributed by atoms with Crippen LogP contribution in [0.4, 0.5) is 5.69 Å². The van der Waals surface area contributed by atoms with Crippen LogP contribution in [0.1, 0.15) is 36.7 Å². The summed E-state index contributed by atoms with van der Waals surface area (Å²) in [6, 6.07) is 17.9. The van der Waals surface area contributed by atoms with E-state index in [0.29, 0.717) is 22.0 Å². The molecule has 4 nitrogen and oxygen atoms in total. The van der Waals surface area contributed by atoms with E-state index < -0.39 is 0 Å². The van der Waals surface area contributed by atoms with Gasteiger partial charge in [0.05, 0.1) is 5.69 Å². The van der Waals surface area contributed by atoms with Gasteiger partial charge in [0.1, 0.15) is 5.75 Å². The van der Waals surface area contributed by atoms with Crippen molar-refractivity contribution in [2.75, 3.05) is 4.90 Å². The van der Waals surface area contributed by atoms with Gasteiger partial charge < -0.3 is 10.8 Å². The van der Waals surface area contributed by atoms with Crippen LogP contribution in [0, 0.1) is 0 Å². The van der Waals surface area contributed by atoms with Crippen molar-refractivity contribution in [2.45, 2.75) is 26.2 Å². The van der Waals surface area contributed by atoms with Crippen LogP contribution in [-0.2, 0) is 5.41 Å². The van der Waals surface area contributed by atoms with Crippen molar-refractivity contribution in [3.8, 4) is 5.75 Å². The number of hydrogen-bond donors (Lipinski definition) is 2. The Morgan fingerprint density at radius 2 is 1.56 bits per heavy atom. The zero-order valence-electron chi connectivity index (χ0n) is 15.6. The largest absolute Gasteiger partial charge is 0.507 e. The molecule has 1 amide bonds. The molecule has 3 aromatic carbocycles. The number of hydrogen-bond acceptors (Lipinski definition) is 3. The van der Waals surface area contributed by atoms with Gasteiger partial charge in [0.25, 0.3) is 5.91 Å². The number of phenolic OH excluding ortho intramolecular Hbond substituents is 1. The number of phenols is 1. The van der Waals surface area contributed by atoms with Crippen molar-refractivity contribution in [3.63, 3.8) is 0 Å². The first-order valence-electron chi connectivity index (χ1n) is 8.65. The highest BCUT2D eigenvalue weighted by Gasteiger charge is 2.23. The van der Waals surface area contributed by atoms with Gasteiger partial charge in [0, 0.05) is 16.3 Å². The summed E-state index contributed by atoms with van der Waals surface area (Å²) in [5.41, 5.74) is 8.08. The molecular formula is C22H22N2O2S. The first-order chi connectivity index (χ1) is 12.7. The first kappa shape index (κ1) is 18.9. The predicted octanol–water partition coefficient (Wildman–Crippen LogP) is 4.73. The molecule has 0 aliphatic rings. The van der Waals surface area contributed by atoms with Gasteiger partial charge in [-0.3, -0.25) is 9.69 Å². The number of thiocarbonyl (C=S) groups is 1. The molecule has 3 aromatic rings. The summed E-state index contributed by atoms with van der Waals surface area (Å²) in [6.45, 7) is 6.36. The van der Waals surface area contributed by atoms with E-state index in [1.807, 2.05) is 18.2 Å². The normalized spacial score (nSPS) is 11.4. The molecule has 0 saturated carbocycles. The number of fused-ring (bicyclic) bond motifs is 1. The second kappa shape index (κ2) is 7.00. The average molecular weight is 378 g/mol. The Bertz CT molecular complexity index is 1020. The Labute approximate surface area is 164 Å². The van der Waals surface area contributed by atoms with Gasteiger partial charge in [-0.25, -0.2) is 0 Å². The lowest BCUT2D eigenvalue weighted by Crippen LogP contribution is -2.40. The highest BCUT2D eigenvalue weighted by atomic mass is 32.1. The molecule has 0 unspecified atom stereocenters. The summed E-state index contributed by atoms with van der Waals surface area (Å²) in [6.07, 6.45) is 0. The van der Waals surface area contributed by atoms with E-state index in [4.69, 9.17) is 18.0 Å². The Morgan fingerprint density at radius 1 is 0.963 bits per heavy atom. The number of amides is 1. The number of rotatable bonds is 2. The fourth-order valence-corrected chi connectivity index (χ4v) is 3.22. The van der Waals surface area contributed by atoms with Crippen LogP contribution in [0.3, 0.4) is 0 Å². The average Bonchev–Trinajstić information content (AvgIpc) is 2.62.